The van der Waals surface area contributed by atoms with Gasteiger partial charge in [-0.1, -0.05) is 6.07 Å². The summed E-state index contributed by atoms with van der Waals surface area (Å²) in [6, 6.07) is 6.17. The summed E-state index contributed by atoms with van der Waals surface area (Å²) < 4.78 is 26.7. The van der Waals surface area contributed by atoms with Crippen molar-refractivity contribution >= 4 is 10.9 Å². The van der Waals surface area contributed by atoms with E-state index in [2.05, 4.69) is 20.5 Å². The van der Waals surface area contributed by atoms with E-state index in [1.54, 1.807) is 0 Å². The Balaban J connectivity index is 1.88. The summed E-state index contributed by atoms with van der Waals surface area (Å²) in [5.41, 5.74) is 3.86. The van der Waals surface area contributed by atoms with Crippen molar-refractivity contribution in [3.8, 4) is 11.4 Å². The first-order valence-electron chi connectivity index (χ1n) is 6.75. The molecule has 4 rings (SSSR count). The second-order valence-corrected chi connectivity index (χ2v) is 5.11. The lowest BCUT2D eigenvalue weighted by Crippen LogP contribution is -2.24. The topological polar surface area (TPSA) is 53.6 Å². The van der Waals surface area contributed by atoms with Gasteiger partial charge in [0.2, 0.25) is 0 Å². The van der Waals surface area contributed by atoms with Crippen LogP contribution in [0.4, 0.5) is 8.78 Å². The molecule has 1 aromatic carbocycles. The minimum absolute atomic E-state index is 0.460. The fourth-order valence-electron chi connectivity index (χ4n) is 2.68. The number of pyridine rings is 1. The van der Waals surface area contributed by atoms with Gasteiger partial charge in [0.05, 0.1) is 16.9 Å². The number of rotatable bonds is 1. The molecule has 0 saturated carbocycles. The van der Waals surface area contributed by atoms with E-state index in [9.17, 15) is 8.78 Å². The maximum absolute atomic E-state index is 13.4. The molecule has 3 aromatic rings. The van der Waals surface area contributed by atoms with Gasteiger partial charge in [-0.15, -0.1) is 0 Å². The van der Waals surface area contributed by atoms with E-state index in [-0.39, 0.29) is 0 Å². The van der Waals surface area contributed by atoms with Gasteiger partial charge < -0.3 is 5.32 Å². The average Bonchev–Trinajstić information content (AvgIpc) is 2.90. The first kappa shape index (κ1) is 12.4. The van der Waals surface area contributed by atoms with E-state index in [4.69, 9.17) is 0 Å². The van der Waals surface area contributed by atoms with Gasteiger partial charge in [0, 0.05) is 18.0 Å². The van der Waals surface area contributed by atoms with Gasteiger partial charge in [-0.2, -0.15) is 5.10 Å². The second-order valence-electron chi connectivity index (χ2n) is 5.11. The highest BCUT2D eigenvalue weighted by Crippen LogP contribution is 2.27. The molecule has 3 heterocycles. The van der Waals surface area contributed by atoms with Crippen LogP contribution >= 0.6 is 0 Å². The third-order valence-electron chi connectivity index (χ3n) is 3.78. The normalized spacial score (nSPS) is 14.4. The molecule has 0 saturated heterocycles. The lowest BCUT2D eigenvalue weighted by molar-refractivity contribution is 0.511. The zero-order chi connectivity index (χ0) is 14.4. The van der Waals surface area contributed by atoms with Crippen LogP contribution in [0.3, 0.4) is 0 Å². The fraction of sp³-hybridized carbons (Fsp3) is 0.200. The van der Waals surface area contributed by atoms with Crippen LogP contribution in [0.5, 0.6) is 0 Å². The molecule has 0 bridgehead atoms. The highest BCUT2D eigenvalue weighted by molar-refractivity contribution is 5.92. The number of hydrogen-bond acceptors (Lipinski definition) is 3. The number of aromatic nitrogens is 3. The third-order valence-corrected chi connectivity index (χ3v) is 3.78. The smallest absolute Gasteiger partial charge is 0.160 e. The number of fused-ring (bicyclic) bond motifs is 2. The summed E-state index contributed by atoms with van der Waals surface area (Å²) in [6.45, 7) is 1.67. The molecule has 6 heteroatoms. The molecule has 0 unspecified atom stereocenters. The zero-order valence-corrected chi connectivity index (χ0v) is 11.1. The first-order chi connectivity index (χ1) is 10.2. The summed E-state index contributed by atoms with van der Waals surface area (Å²) in [4.78, 5) is 4.60. The van der Waals surface area contributed by atoms with E-state index >= 15 is 0 Å². The summed E-state index contributed by atoms with van der Waals surface area (Å²) >= 11 is 0. The minimum atomic E-state index is -0.889. The summed E-state index contributed by atoms with van der Waals surface area (Å²) in [5.74, 6) is -1.77. The summed E-state index contributed by atoms with van der Waals surface area (Å²) in [7, 11) is 0. The van der Waals surface area contributed by atoms with Gasteiger partial charge in [0.25, 0.3) is 0 Å². The van der Waals surface area contributed by atoms with Crippen LogP contribution in [0, 0.1) is 11.6 Å². The number of nitrogens with one attached hydrogen (secondary N) is 2. The maximum Gasteiger partial charge on any atom is 0.160 e. The van der Waals surface area contributed by atoms with Crippen LogP contribution in [0.1, 0.15) is 11.3 Å². The predicted octanol–water partition coefficient (Wildman–Crippen LogP) is 2.55. The number of H-pyrrole nitrogens is 1. The third kappa shape index (κ3) is 1.99. The summed E-state index contributed by atoms with van der Waals surface area (Å²) in [5, 5.41) is 10.7. The Morgan fingerprint density at radius 2 is 1.95 bits per heavy atom. The Bertz CT molecular complexity index is 841. The van der Waals surface area contributed by atoms with Gasteiger partial charge in [-0.3, -0.25) is 5.10 Å². The van der Waals surface area contributed by atoms with Crippen molar-refractivity contribution in [3.05, 3.63) is 47.2 Å². The first-order valence-corrected chi connectivity index (χ1v) is 6.75. The molecular weight excluding hydrogens is 274 g/mol. The number of nitrogens with zero attached hydrogens (tertiary/aromatic N) is 2. The number of halogens is 2. The van der Waals surface area contributed by atoms with Gasteiger partial charge in [0.1, 0.15) is 5.69 Å². The Morgan fingerprint density at radius 3 is 2.86 bits per heavy atom. The number of benzene rings is 1. The molecule has 0 atom stereocenters. The van der Waals surface area contributed by atoms with Crippen LogP contribution in [-0.2, 0) is 13.0 Å². The molecule has 0 fully saturated rings. The monoisotopic (exact) mass is 286 g/mol. The van der Waals surface area contributed by atoms with Gasteiger partial charge in [-0.25, -0.2) is 13.8 Å². The SMILES string of the molecule is Fc1cc2[nH]nc(-c3ccc4c(n3)CNCC4)c2cc1F. The molecule has 2 aromatic heterocycles. The molecule has 1 aliphatic rings. The Labute approximate surface area is 119 Å². The molecule has 21 heavy (non-hydrogen) atoms. The second kappa shape index (κ2) is 4.60. The van der Waals surface area contributed by atoms with Crippen LogP contribution in [0.2, 0.25) is 0 Å². The summed E-state index contributed by atoms with van der Waals surface area (Å²) in [6.07, 6.45) is 0.948. The lowest BCUT2D eigenvalue weighted by atomic mass is 10.0. The van der Waals surface area contributed by atoms with Crippen LogP contribution in [0.25, 0.3) is 22.3 Å². The maximum atomic E-state index is 13.4. The van der Waals surface area contributed by atoms with Gasteiger partial charge in [0.15, 0.2) is 11.6 Å². The molecule has 0 spiro atoms. The Morgan fingerprint density at radius 1 is 1.10 bits per heavy atom. The average molecular weight is 286 g/mol. The fourth-order valence-corrected chi connectivity index (χ4v) is 2.68. The Kier molecular flexibility index (Phi) is 2.71. The lowest BCUT2D eigenvalue weighted by Gasteiger charge is -2.16. The van der Waals surface area contributed by atoms with E-state index in [0.29, 0.717) is 28.8 Å². The largest absolute Gasteiger partial charge is 0.311 e. The zero-order valence-electron chi connectivity index (χ0n) is 11.1. The number of hydrogen-bond donors (Lipinski definition) is 2. The van der Waals surface area contributed by atoms with Crippen LogP contribution in [-0.4, -0.2) is 21.7 Å². The van der Waals surface area contributed by atoms with Crippen LogP contribution in [0.15, 0.2) is 24.3 Å². The van der Waals surface area contributed by atoms with Crippen molar-refractivity contribution in [3.63, 3.8) is 0 Å². The highest BCUT2D eigenvalue weighted by atomic mass is 19.2. The van der Waals surface area contributed by atoms with Crippen molar-refractivity contribution < 1.29 is 8.78 Å². The van der Waals surface area contributed by atoms with E-state index in [1.165, 1.54) is 5.56 Å². The molecule has 2 N–H and O–H groups in total. The molecule has 0 radical (unpaired) electrons. The van der Waals surface area contributed by atoms with Crippen molar-refractivity contribution in [1.29, 1.82) is 0 Å². The highest BCUT2D eigenvalue weighted by Gasteiger charge is 2.16. The van der Waals surface area contributed by atoms with E-state index in [0.717, 1.165) is 30.8 Å². The van der Waals surface area contributed by atoms with E-state index in [1.807, 2.05) is 12.1 Å². The molecule has 106 valence electrons. The standard InChI is InChI=1S/C15H12F2N4/c16-10-5-9-13(6-11(10)17)20-21-15(9)12-2-1-8-3-4-18-7-14(8)19-12/h1-2,5-6,18H,3-4,7H2,(H,20,21). The van der Waals surface area contributed by atoms with Crippen molar-refractivity contribution in [2.75, 3.05) is 6.54 Å². The van der Waals surface area contributed by atoms with Crippen molar-refractivity contribution in [2.45, 2.75) is 13.0 Å². The van der Waals surface area contributed by atoms with Gasteiger partial charge >= 0.3 is 0 Å². The quantitative estimate of drug-likeness (QED) is 0.723. The molecular formula is C15H12F2N4. The molecule has 4 nitrogen and oxygen atoms in total. The van der Waals surface area contributed by atoms with Crippen LogP contribution < -0.4 is 5.32 Å². The molecule has 0 aliphatic carbocycles. The van der Waals surface area contributed by atoms with E-state index < -0.39 is 11.6 Å². The van der Waals surface area contributed by atoms with Gasteiger partial charge in [-0.05, 0) is 30.7 Å². The van der Waals surface area contributed by atoms with Crippen molar-refractivity contribution in [2.24, 2.45) is 0 Å². The van der Waals surface area contributed by atoms with Crippen molar-refractivity contribution in [1.82, 2.24) is 20.5 Å². The number of aromatic amines is 1. The molecule has 0 amide bonds. The minimum Gasteiger partial charge on any atom is -0.311 e. The Hall–Kier alpha value is -2.34. The predicted molar refractivity (Wildman–Crippen MR) is 74.7 cm³/mol. The molecule has 1 aliphatic heterocycles.